The van der Waals surface area contributed by atoms with Crippen LogP contribution in [0.25, 0.3) is 0 Å². The molecule has 0 spiro atoms. The highest BCUT2D eigenvalue weighted by molar-refractivity contribution is 6.10. The molecule has 32 heavy (non-hydrogen) atoms. The third kappa shape index (κ3) is 5.07. The third-order valence-corrected chi connectivity index (χ3v) is 4.61. The second-order valence-electron chi connectivity index (χ2n) is 6.73. The Kier molecular flexibility index (Phi) is 6.35. The summed E-state index contributed by atoms with van der Waals surface area (Å²) in [6.07, 6.45) is 1.69. The minimum absolute atomic E-state index is 0.135. The van der Waals surface area contributed by atoms with Gasteiger partial charge in [0.2, 0.25) is 12.8 Å². The molecular formula is C23H22N4O5. The molecule has 0 saturated heterocycles. The molecule has 0 bridgehead atoms. The number of carbonyl (C=O) groups is 1. The first-order chi connectivity index (χ1) is 15.6. The van der Waals surface area contributed by atoms with Crippen LogP contribution in [0.4, 0.5) is 5.69 Å². The van der Waals surface area contributed by atoms with Gasteiger partial charge in [-0.15, -0.1) is 0 Å². The summed E-state index contributed by atoms with van der Waals surface area (Å²) in [5, 5.41) is 5.94. The minimum atomic E-state index is -0.356. The van der Waals surface area contributed by atoms with Gasteiger partial charge in [-0.2, -0.15) is 0 Å². The summed E-state index contributed by atoms with van der Waals surface area (Å²) >= 11 is 0. The van der Waals surface area contributed by atoms with Crippen molar-refractivity contribution in [2.24, 2.45) is 4.99 Å². The van der Waals surface area contributed by atoms with Crippen molar-refractivity contribution in [1.29, 1.82) is 0 Å². The Morgan fingerprint density at radius 1 is 1.03 bits per heavy atom. The van der Waals surface area contributed by atoms with Gasteiger partial charge in [0.25, 0.3) is 5.91 Å². The van der Waals surface area contributed by atoms with E-state index in [0.29, 0.717) is 34.2 Å². The number of anilines is 1. The molecule has 0 aliphatic carbocycles. The van der Waals surface area contributed by atoms with Crippen LogP contribution in [0.1, 0.15) is 16.1 Å². The second kappa shape index (κ2) is 9.69. The van der Waals surface area contributed by atoms with Crippen molar-refractivity contribution in [2.45, 2.75) is 6.54 Å². The summed E-state index contributed by atoms with van der Waals surface area (Å²) in [5.41, 5.74) is 1.80. The van der Waals surface area contributed by atoms with Gasteiger partial charge in [-0.1, -0.05) is 6.07 Å². The molecule has 164 valence electrons. The lowest BCUT2D eigenvalue weighted by atomic mass is 10.2. The van der Waals surface area contributed by atoms with Gasteiger partial charge in [-0.25, -0.2) is 4.99 Å². The fourth-order valence-electron chi connectivity index (χ4n) is 3.00. The monoisotopic (exact) mass is 434 g/mol. The number of nitrogens with one attached hydrogen (secondary N) is 2. The van der Waals surface area contributed by atoms with Crippen LogP contribution < -0.4 is 29.6 Å². The number of guanidine groups is 1. The lowest BCUT2D eigenvalue weighted by molar-refractivity contribution is 0.0976. The van der Waals surface area contributed by atoms with Crippen molar-refractivity contribution in [3.05, 3.63) is 72.1 Å². The quantitative estimate of drug-likeness (QED) is 0.454. The first-order valence-corrected chi connectivity index (χ1v) is 9.80. The molecule has 0 fully saturated rings. The van der Waals surface area contributed by atoms with Gasteiger partial charge in [-0.05, 0) is 30.3 Å². The predicted molar refractivity (Wildman–Crippen MR) is 119 cm³/mol. The van der Waals surface area contributed by atoms with Crippen molar-refractivity contribution in [3.8, 4) is 23.0 Å². The second-order valence-corrected chi connectivity index (χ2v) is 6.73. The maximum absolute atomic E-state index is 12.9. The molecule has 0 atom stereocenters. The molecule has 2 heterocycles. The van der Waals surface area contributed by atoms with Crippen molar-refractivity contribution in [2.75, 3.05) is 26.3 Å². The van der Waals surface area contributed by atoms with E-state index >= 15 is 0 Å². The van der Waals surface area contributed by atoms with Crippen molar-refractivity contribution < 1.29 is 23.7 Å². The van der Waals surface area contributed by atoms with E-state index in [2.05, 4.69) is 20.6 Å². The first kappa shape index (κ1) is 21.0. The minimum Gasteiger partial charge on any atom is -0.497 e. The average molecular weight is 434 g/mol. The lowest BCUT2D eigenvalue weighted by Gasteiger charge is -2.14. The molecule has 2 N–H and O–H groups in total. The summed E-state index contributed by atoms with van der Waals surface area (Å²) in [4.78, 5) is 21.7. The van der Waals surface area contributed by atoms with Crippen LogP contribution in [0.15, 0.2) is 65.8 Å². The van der Waals surface area contributed by atoms with Crippen LogP contribution in [0.5, 0.6) is 23.0 Å². The highest BCUT2D eigenvalue weighted by Crippen LogP contribution is 2.32. The van der Waals surface area contributed by atoms with E-state index in [-0.39, 0.29) is 25.2 Å². The summed E-state index contributed by atoms with van der Waals surface area (Å²) in [5.74, 6) is 2.21. The number of hydrogen-bond donors (Lipinski definition) is 2. The molecule has 0 radical (unpaired) electrons. The molecule has 1 aliphatic heterocycles. The molecule has 9 nitrogen and oxygen atoms in total. The van der Waals surface area contributed by atoms with Crippen molar-refractivity contribution in [1.82, 2.24) is 10.3 Å². The molecule has 1 amide bonds. The number of aromatic nitrogens is 1. The number of benzene rings is 2. The normalized spacial score (nSPS) is 12.2. The van der Waals surface area contributed by atoms with Gasteiger partial charge < -0.3 is 24.3 Å². The van der Waals surface area contributed by atoms with Crippen LogP contribution in [0, 0.1) is 0 Å². The maximum atomic E-state index is 12.9. The average Bonchev–Trinajstić information content (AvgIpc) is 3.31. The Morgan fingerprint density at radius 2 is 1.81 bits per heavy atom. The molecule has 9 heteroatoms. The Bertz CT molecular complexity index is 1110. The lowest BCUT2D eigenvalue weighted by Crippen LogP contribution is -2.36. The summed E-state index contributed by atoms with van der Waals surface area (Å²) in [6.45, 7) is 0.405. The highest BCUT2D eigenvalue weighted by atomic mass is 16.7. The topological polar surface area (TPSA) is 103 Å². The number of aliphatic imine (C=N–C) groups is 1. The number of methoxy groups -OCH3 is 2. The Labute approximate surface area is 185 Å². The molecule has 2 aromatic carbocycles. The number of fused-ring (bicyclic) bond motifs is 1. The van der Waals surface area contributed by atoms with Gasteiger partial charge in [-0.3, -0.25) is 15.1 Å². The predicted octanol–water partition coefficient (Wildman–Crippen LogP) is 3.23. The van der Waals surface area contributed by atoms with Gasteiger partial charge in [0.15, 0.2) is 11.5 Å². The van der Waals surface area contributed by atoms with Crippen LogP contribution in [0.3, 0.4) is 0 Å². The van der Waals surface area contributed by atoms with E-state index in [0.717, 1.165) is 5.69 Å². The zero-order valence-electron chi connectivity index (χ0n) is 17.6. The number of carbonyl (C=O) groups excluding carboxylic acids is 1. The third-order valence-electron chi connectivity index (χ3n) is 4.61. The number of rotatable bonds is 6. The molecule has 3 aromatic rings. The summed E-state index contributed by atoms with van der Waals surface area (Å²) in [6, 6.07) is 15.8. The number of pyridine rings is 1. The molecule has 0 unspecified atom stereocenters. The maximum Gasteiger partial charge on any atom is 0.258 e. The summed E-state index contributed by atoms with van der Waals surface area (Å²) in [7, 11) is 3.13. The van der Waals surface area contributed by atoms with Crippen LogP contribution in [0.2, 0.25) is 0 Å². The Morgan fingerprint density at radius 3 is 2.53 bits per heavy atom. The fourth-order valence-corrected chi connectivity index (χ4v) is 3.00. The van der Waals surface area contributed by atoms with E-state index in [1.54, 1.807) is 56.8 Å². The fraction of sp³-hybridized carbons (Fsp3) is 0.174. The van der Waals surface area contributed by atoms with Crippen LogP contribution in [-0.4, -0.2) is 37.9 Å². The number of hydrogen-bond acceptors (Lipinski definition) is 7. The Balaban J connectivity index is 1.58. The van der Waals surface area contributed by atoms with E-state index in [1.807, 2.05) is 18.2 Å². The van der Waals surface area contributed by atoms with Crippen molar-refractivity contribution >= 4 is 17.6 Å². The SMILES string of the molecule is COc1cc(NC(=NCc2ccccn2)NC(=O)c2ccc3c(c2)OCO3)cc(OC)c1. The molecule has 1 aromatic heterocycles. The van der Waals surface area contributed by atoms with Gasteiger partial charge in [0.1, 0.15) is 11.5 Å². The van der Waals surface area contributed by atoms with Gasteiger partial charge in [0, 0.05) is 35.6 Å². The number of nitrogens with zero attached hydrogens (tertiary/aromatic N) is 2. The molecule has 4 rings (SSSR count). The van der Waals surface area contributed by atoms with E-state index in [1.165, 1.54) is 0 Å². The van der Waals surface area contributed by atoms with Crippen molar-refractivity contribution in [3.63, 3.8) is 0 Å². The number of ether oxygens (including phenoxy) is 4. The van der Waals surface area contributed by atoms with Crippen LogP contribution >= 0.6 is 0 Å². The molecule has 0 saturated carbocycles. The smallest absolute Gasteiger partial charge is 0.258 e. The van der Waals surface area contributed by atoms with E-state index in [9.17, 15) is 4.79 Å². The largest absolute Gasteiger partial charge is 0.497 e. The van der Waals surface area contributed by atoms with Gasteiger partial charge in [0.05, 0.1) is 26.5 Å². The zero-order chi connectivity index (χ0) is 22.3. The van der Waals surface area contributed by atoms with Crippen LogP contribution in [-0.2, 0) is 6.54 Å². The zero-order valence-corrected chi connectivity index (χ0v) is 17.6. The summed E-state index contributed by atoms with van der Waals surface area (Å²) < 4.78 is 21.3. The Hall–Kier alpha value is -4.27. The standard InChI is InChI=1S/C23H22N4O5/c1-29-18-10-17(11-19(12-18)30-2)26-23(25-13-16-5-3-4-8-24-16)27-22(28)15-6-7-20-21(9-15)32-14-31-20/h3-12H,13-14H2,1-2H3,(H2,25,26,27,28). The first-order valence-electron chi connectivity index (χ1n) is 9.80. The van der Waals surface area contributed by atoms with Gasteiger partial charge >= 0.3 is 0 Å². The number of amides is 1. The molecular weight excluding hydrogens is 412 g/mol. The van der Waals surface area contributed by atoms with E-state index in [4.69, 9.17) is 18.9 Å². The highest BCUT2D eigenvalue weighted by Gasteiger charge is 2.17. The molecule has 1 aliphatic rings. The van der Waals surface area contributed by atoms with E-state index < -0.39 is 0 Å².